The number of amides is 1. The van der Waals surface area contributed by atoms with Crippen molar-refractivity contribution in [1.29, 1.82) is 0 Å². The van der Waals surface area contributed by atoms with E-state index in [4.69, 9.17) is 16.3 Å². The Morgan fingerprint density at radius 1 is 1.33 bits per heavy atom. The second kappa shape index (κ2) is 7.59. The topological polar surface area (TPSA) is 50.7 Å². The van der Waals surface area contributed by atoms with Gasteiger partial charge in [-0.2, -0.15) is 5.10 Å². The number of thiophene rings is 1. The molecule has 1 aromatic carbocycles. The molecular weight excluding hydrogens is 376 g/mol. The average Bonchev–Trinajstić information content (AvgIpc) is 2.91. The van der Waals surface area contributed by atoms with Crippen LogP contribution in [0.25, 0.3) is 0 Å². The largest absolute Gasteiger partial charge is 0.484 e. The molecule has 1 N–H and O–H groups in total. The van der Waals surface area contributed by atoms with Gasteiger partial charge in [-0.05, 0) is 43.3 Å². The van der Waals surface area contributed by atoms with Crippen LogP contribution in [-0.4, -0.2) is 18.2 Å². The van der Waals surface area contributed by atoms with Crippen LogP contribution in [0.5, 0.6) is 5.75 Å². The van der Waals surface area contributed by atoms with Crippen LogP contribution in [-0.2, 0) is 4.79 Å². The maximum Gasteiger partial charge on any atom is 0.277 e. The highest BCUT2D eigenvalue weighted by Crippen LogP contribution is 2.21. The van der Waals surface area contributed by atoms with E-state index in [9.17, 15) is 4.79 Å². The van der Waals surface area contributed by atoms with E-state index >= 15 is 0 Å². The van der Waals surface area contributed by atoms with E-state index < -0.39 is 0 Å². The third-order valence-electron chi connectivity index (χ3n) is 2.46. The summed E-state index contributed by atoms with van der Waals surface area (Å²) in [6.07, 6.45) is 0. The smallest absolute Gasteiger partial charge is 0.277 e. The van der Waals surface area contributed by atoms with Gasteiger partial charge in [-0.3, -0.25) is 4.79 Å². The minimum atomic E-state index is -0.320. The predicted molar refractivity (Wildman–Crippen MR) is 89.3 cm³/mol. The summed E-state index contributed by atoms with van der Waals surface area (Å²) >= 11 is 10.6. The summed E-state index contributed by atoms with van der Waals surface area (Å²) in [4.78, 5) is 12.6. The number of ether oxygens (including phenoxy) is 1. The number of carbonyl (C=O) groups is 1. The zero-order valence-electron chi connectivity index (χ0n) is 11.1. The second-order valence-corrected chi connectivity index (χ2v) is 6.71. The minimum absolute atomic E-state index is 0.0936. The summed E-state index contributed by atoms with van der Waals surface area (Å²) in [6, 6.07) is 10.9. The molecule has 0 saturated heterocycles. The molecule has 1 amide bonds. The number of hydrazone groups is 1. The van der Waals surface area contributed by atoms with Gasteiger partial charge in [0.2, 0.25) is 0 Å². The molecule has 0 spiro atoms. The lowest BCUT2D eigenvalue weighted by molar-refractivity contribution is -0.123. The van der Waals surface area contributed by atoms with Crippen LogP contribution < -0.4 is 10.2 Å². The van der Waals surface area contributed by atoms with Gasteiger partial charge >= 0.3 is 0 Å². The van der Waals surface area contributed by atoms with E-state index in [2.05, 4.69) is 26.5 Å². The van der Waals surface area contributed by atoms with Crippen molar-refractivity contribution in [2.75, 3.05) is 6.61 Å². The van der Waals surface area contributed by atoms with E-state index in [1.807, 2.05) is 18.2 Å². The molecule has 0 fully saturated rings. The molecule has 0 atom stereocenters. The van der Waals surface area contributed by atoms with Crippen LogP contribution in [0, 0.1) is 0 Å². The lowest BCUT2D eigenvalue weighted by Crippen LogP contribution is -2.25. The van der Waals surface area contributed by atoms with Crippen LogP contribution in [0.1, 0.15) is 11.8 Å². The molecule has 0 radical (unpaired) electrons. The van der Waals surface area contributed by atoms with Gasteiger partial charge in [0.05, 0.1) is 14.9 Å². The first kappa shape index (κ1) is 16.0. The molecule has 21 heavy (non-hydrogen) atoms. The maximum absolute atomic E-state index is 11.6. The van der Waals surface area contributed by atoms with Gasteiger partial charge in [0.25, 0.3) is 5.91 Å². The molecule has 0 aliphatic heterocycles. The fourth-order valence-electron chi connectivity index (χ4n) is 1.42. The van der Waals surface area contributed by atoms with E-state index in [-0.39, 0.29) is 12.5 Å². The molecule has 0 bridgehead atoms. The van der Waals surface area contributed by atoms with Gasteiger partial charge in [-0.1, -0.05) is 27.5 Å². The fourth-order valence-corrected chi connectivity index (χ4v) is 2.67. The van der Waals surface area contributed by atoms with Gasteiger partial charge in [0.15, 0.2) is 6.61 Å². The van der Waals surface area contributed by atoms with Gasteiger partial charge in [0.1, 0.15) is 5.75 Å². The van der Waals surface area contributed by atoms with Gasteiger partial charge in [0, 0.05) is 4.47 Å². The van der Waals surface area contributed by atoms with E-state index in [0.29, 0.717) is 15.8 Å². The van der Waals surface area contributed by atoms with Crippen LogP contribution >= 0.6 is 38.9 Å². The van der Waals surface area contributed by atoms with Crippen molar-refractivity contribution < 1.29 is 9.53 Å². The Balaban J connectivity index is 1.83. The summed E-state index contributed by atoms with van der Waals surface area (Å²) in [5.74, 6) is 0.305. The minimum Gasteiger partial charge on any atom is -0.484 e. The van der Waals surface area contributed by atoms with Crippen molar-refractivity contribution >= 4 is 50.5 Å². The van der Waals surface area contributed by atoms with Crippen molar-refractivity contribution in [3.8, 4) is 5.75 Å². The van der Waals surface area contributed by atoms with Crippen LogP contribution in [0.4, 0.5) is 0 Å². The Morgan fingerprint density at radius 2 is 2.05 bits per heavy atom. The van der Waals surface area contributed by atoms with Crippen molar-refractivity contribution in [2.24, 2.45) is 5.10 Å². The lowest BCUT2D eigenvalue weighted by Gasteiger charge is -2.05. The Kier molecular flexibility index (Phi) is 5.78. The van der Waals surface area contributed by atoms with Crippen molar-refractivity contribution in [1.82, 2.24) is 5.43 Å². The monoisotopic (exact) mass is 386 g/mol. The number of hydrogen-bond acceptors (Lipinski definition) is 4. The average molecular weight is 388 g/mol. The van der Waals surface area contributed by atoms with Crippen molar-refractivity contribution in [3.63, 3.8) is 0 Å². The Hall–Kier alpha value is -1.37. The molecule has 0 unspecified atom stereocenters. The number of halogens is 2. The molecule has 0 saturated carbocycles. The number of nitrogens with one attached hydrogen (secondary N) is 1. The number of hydrogen-bond donors (Lipinski definition) is 1. The summed E-state index contributed by atoms with van der Waals surface area (Å²) in [5.41, 5.74) is 3.15. The number of rotatable bonds is 5. The zero-order chi connectivity index (χ0) is 15.2. The third-order valence-corrected chi connectivity index (χ3v) is 4.33. The maximum atomic E-state index is 11.6. The fraction of sp³-hybridized carbons (Fsp3) is 0.143. The van der Waals surface area contributed by atoms with Crippen LogP contribution in [0.15, 0.2) is 46.0 Å². The highest BCUT2D eigenvalue weighted by atomic mass is 79.9. The predicted octanol–water partition coefficient (Wildman–Crippen LogP) is 4.08. The summed E-state index contributed by atoms with van der Waals surface area (Å²) in [6.45, 7) is 1.71. The molecule has 110 valence electrons. The molecule has 2 rings (SSSR count). The van der Waals surface area contributed by atoms with E-state index in [1.165, 1.54) is 11.3 Å². The Morgan fingerprint density at radius 3 is 2.67 bits per heavy atom. The number of nitrogens with zero attached hydrogens (tertiary/aromatic N) is 1. The zero-order valence-corrected chi connectivity index (χ0v) is 14.3. The van der Waals surface area contributed by atoms with E-state index in [1.54, 1.807) is 25.1 Å². The van der Waals surface area contributed by atoms with Gasteiger partial charge in [-0.25, -0.2) is 5.43 Å². The second-order valence-electron chi connectivity index (χ2n) is 4.08. The third kappa shape index (κ3) is 5.15. The van der Waals surface area contributed by atoms with Crippen LogP contribution in [0.2, 0.25) is 4.34 Å². The Bertz CT molecular complexity index is 655. The first-order valence-electron chi connectivity index (χ1n) is 6.02. The molecule has 1 heterocycles. The highest BCUT2D eigenvalue weighted by molar-refractivity contribution is 9.10. The lowest BCUT2D eigenvalue weighted by atomic mass is 10.3. The number of benzene rings is 1. The first-order valence-corrected chi connectivity index (χ1v) is 8.00. The molecule has 0 aliphatic carbocycles. The quantitative estimate of drug-likeness (QED) is 0.621. The van der Waals surface area contributed by atoms with Gasteiger partial charge in [-0.15, -0.1) is 11.3 Å². The van der Waals surface area contributed by atoms with E-state index in [0.717, 1.165) is 9.35 Å². The Labute approximate surface area is 139 Å². The summed E-state index contributed by atoms with van der Waals surface area (Å²) in [7, 11) is 0. The van der Waals surface area contributed by atoms with Crippen molar-refractivity contribution in [2.45, 2.75) is 6.92 Å². The number of carbonyl (C=O) groups excluding carboxylic acids is 1. The van der Waals surface area contributed by atoms with Crippen molar-refractivity contribution in [3.05, 3.63) is 50.1 Å². The summed E-state index contributed by atoms with van der Waals surface area (Å²) in [5, 5.41) is 4.02. The standard InChI is InChI=1S/C14H12BrClN2O2S/c1-9(12-6-7-13(16)21-12)17-18-14(19)8-20-11-4-2-10(15)3-5-11/h2-7H,8H2,1H3,(H,18,19)/b17-9+. The normalized spacial score (nSPS) is 11.3. The highest BCUT2D eigenvalue weighted by Gasteiger charge is 2.04. The molecule has 4 nitrogen and oxygen atoms in total. The molecule has 1 aromatic heterocycles. The molecular formula is C14H12BrClN2O2S. The van der Waals surface area contributed by atoms with Crippen LogP contribution in [0.3, 0.4) is 0 Å². The molecule has 7 heteroatoms. The van der Waals surface area contributed by atoms with Gasteiger partial charge < -0.3 is 4.74 Å². The first-order chi connectivity index (χ1) is 10.0. The summed E-state index contributed by atoms with van der Waals surface area (Å²) < 4.78 is 6.98. The SMILES string of the molecule is C/C(=N\NC(=O)COc1ccc(Br)cc1)c1ccc(Cl)s1. The molecule has 2 aromatic rings. The molecule has 0 aliphatic rings.